The Morgan fingerprint density at radius 2 is 1.09 bits per heavy atom. The molecule has 3 heterocycles. The number of benzene rings is 4. The molecule has 7 aromatic rings. The maximum Gasteiger partial charge on any atom is 0.246 e. The Kier molecular flexibility index (Phi) is 4.68. The average Bonchev–Trinajstić information content (AvgIpc) is 3.58. The largest absolute Gasteiger partial charge is 0.301 e. The van der Waals surface area contributed by atoms with Gasteiger partial charge in [0.2, 0.25) is 6.71 Å². The van der Waals surface area contributed by atoms with E-state index < -0.39 is 0 Å². The van der Waals surface area contributed by atoms with Crippen molar-refractivity contribution in [3.8, 4) is 5.00 Å². The van der Waals surface area contributed by atoms with Crippen molar-refractivity contribution >= 4 is 77.0 Å². The third-order valence-electron chi connectivity index (χ3n) is 6.65. The fourth-order valence-electron chi connectivity index (χ4n) is 5.21. The summed E-state index contributed by atoms with van der Waals surface area (Å²) in [6.07, 6.45) is 0. The summed E-state index contributed by atoms with van der Waals surface area (Å²) in [5.74, 6) is 0. The highest BCUT2D eigenvalue weighted by Crippen LogP contribution is 2.37. The van der Waals surface area contributed by atoms with E-state index in [1.54, 1.807) is 0 Å². The van der Waals surface area contributed by atoms with E-state index in [-0.39, 0.29) is 6.71 Å². The minimum absolute atomic E-state index is 0.157. The molecular weight excluding hydrogens is 449 g/mol. The summed E-state index contributed by atoms with van der Waals surface area (Å²) >= 11 is 3.77. The van der Waals surface area contributed by atoms with Gasteiger partial charge in [-0.15, -0.1) is 22.7 Å². The molecule has 0 aliphatic rings. The van der Waals surface area contributed by atoms with Crippen molar-refractivity contribution in [2.24, 2.45) is 0 Å². The molecule has 4 heteroatoms. The Morgan fingerprint density at radius 3 is 1.68 bits per heavy atom. The van der Waals surface area contributed by atoms with E-state index in [2.05, 4.69) is 125 Å². The molecule has 3 aromatic heterocycles. The minimum atomic E-state index is 0.157. The predicted molar refractivity (Wildman–Crippen MR) is 152 cm³/mol. The average molecular weight is 469 g/mol. The molecule has 4 aromatic carbocycles. The number of nitrogens with zero attached hydrogens (tertiary/aromatic N) is 1. The van der Waals surface area contributed by atoms with Crippen molar-refractivity contribution in [3.63, 3.8) is 0 Å². The van der Waals surface area contributed by atoms with Gasteiger partial charge in [-0.1, -0.05) is 108 Å². The van der Waals surface area contributed by atoms with Crippen LogP contribution in [-0.2, 0) is 0 Å². The molecule has 0 aliphatic heterocycles. The summed E-state index contributed by atoms with van der Waals surface area (Å²) in [6, 6.07) is 41.8. The highest BCUT2D eigenvalue weighted by molar-refractivity contribution is 7.32. The first-order chi connectivity index (χ1) is 16.9. The number of thiophene rings is 2. The Balaban J connectivity index is 1.62. The van der Waals surface area contributed by atoms with Gasteiger partial charge in [0.1, 0.15) is 0 Å². The van der Waals surface area contributed by atoms with Crippen LogP contribution in [0.2, 0.25) is 0 Å². The van der Waals surface area contributed by atoms with Crippen molar-refractivity contribution in [1.82, 2.24) is 4.57 Å². The molecular formula is C30H20BNS2. The van der Waals surface area contributed by atoms with Crippen LogP contribution in [-0.4, -0.2) is 11.3 Å². The molecule has 34 heavy (non-hydrogen) atoms. The molecule has 0 fully saturated rings. The van der Waals surface area contributed by atoms with Crippen molar-refractivity contribution in [2.75, 3.05) is 0 Å². The highest BCUT2D eigenvalue weighted by atomic mass is 32.1. The standard InChI is InChI=1S/C30H20BNS2/c1-3-11-21(12-4-1)31(22-13-5-2-6-14-22)28-29-27(19-20-33-29)34-30(28)32-25-17-9-7-15-23(25)24-16-8-10-18-26(24)32/h1-20H. The van der Waals surface area contributed by atoms with Gasteiger partial charge >= 0.3 is 0 Å². The van der Waals surface area contributed by atoms with Crippen LogP contribution >= 0.6 is 22.7 Å². The molecule has 0 spiro atoms. The van der Waals surface area contributed by atoms with Crippen molar-refractivity contribution in [2.45, 2.75) is 0 Å². The van der Waals surface area contributed by atoms with Crippen molar-refractivity contribution in [3.05, 3.63) is 121 Å². The van der Waals surface area contributed by atoms with E-state index in [0.29, 0.717) is 0 Å². The summed E-state index contributed by atoms with van der Waals surface area (Å²) < 4.78 is 5.24. The van der Waals surface area contributed by atoms with Crippen LogP contribution in [0.25, 0.3) is 36.2 Å². The monoisotopic (exact) mass is 469 g/mol. The van der Waals surface area contributed by atoms with E-state index in [4.69, 9.17) is 0 Å². The fourth-order valence-corrected chi connectivity index (χ4v) is 7.66. The van der Waals surface area contributed by atoms with Gasteiger partial charge in [-0.05, 0) is 29.0 Å². The smallest absolute Gasteiger partial charge is 0.246 e. The van der Waals surface area contributed by atoms with Crippen LogP contribution in [0, 0.1) is 0 Å². The van der Waals surface area contributed by atoms with E-state index in [1.165, 1.54) is 52.6 Å². The lowest BCUT2D eigenvalue weighted by molar-refractivity contribution is 1.23. The van der Waals surface area contributed by atoms with Crippen LogP contribution in [0.4, 0.5) is 0 Å². The zero-order chi connectivity index (χ0) is 22.5. The first-order valence-corrected chi connectivity index (χ1v) is 13.2. The van der Waals surface area contributed by atoms with Crippen LogP contribution in [0.3, 0.4) is 0 Å². The Labute approximate surface area is 206 Å². The fraction of sp³-hybridized carbons (Fsp3) is 0. The number of hydrogen-bond acceptors (Lipinski definition) is 2. The van der Waals surface area contributed by atoms with E-state index in [1.807, 2.05) is 22.7 Å². The lowest BCUT2D eigenvalue weighted by Crippen LogP contribution is -2.52. The second kappa shape index (κ2) is 8.02. The van der Waals surface area contributed by atoms with Gasteiger partial charge in [-0.3, -0.25) is 0 Å². The third kappa shape index (κ3) is 2.99. The number of hydrogen-bond donors (Lipinski definition) is 0. The summed E-state index contributed by atoms with van der Waals surface area (Å²) in [4.78, 5) is 0. The highest BCUT2D eigenvalue weighted by Gasteiger charge is 2.30. The molecule has 7 rings (SSSR count). The molecule has 0 amide bonds. The van der Waals surface area contributed by atoms with Gasteiger partial charge in [-0.2, -0.15) is 0 Å². The van der Waals surface area contributed by atoms with Gasteiger partial charge in [0.15, 0.2) is 0 Å². The number of fused-ring (bicyclic) bond motifs is 4. The second-order valence-electron chi connectivity index (χ2n) is 8.56. The van der Waals surface area contributed by atoms with Gasteiger partial charge in [0, 0.05) is 20.2 Å². The number of para-hydroxylation sites is 2. The van der Waals surface area contributed by atoms with E-state index in [0.717, 1.165) is 0 Å². The molecule has 160 valence electrons. The van der Waals surface area contributed by atoms with Crippen LogP contribution in [0.1, 0.15) is 0 Å². The lowest BCUT2D eigenvalue weighted by atomic mass is 9.37. The zero-order valence-corrected chi connectivity index (χ0v) is 20.0. The first-order valence-electron chi connectivity index (χ1n) is 11.5. The van der Waals surface area contributed by atoms with E-state index >= 15 is 0 Å². The molecule has 0 N–H and O–H groups in total. The van der Waals surface area contributed by atoms with Gasteiger partial charge < -0.3 is 4.57 Å². The van der Waals surface area contributed by atoms with E-state index in [9.17, 15) is 0 Å². The Bertz CT molecular complexity index is 1670. The van der Waals surface area contributed by atoms with Crippen LogP contribution < -0.4 is 16.4 Å². The molecule has 0 saturated carbocycles. The molecule has 0 saturated heterocycles. The SMILES string of the molecule is c1ccc(B(c2ccccc2)c2c(-n3c4ccccc4c4ccccc43)sc3ccsc23)cc1. The zero-order valence-electron chi connectivity index (χ0n) is 18.4. The topological polar surface area (TPSA) is 4.93 Å². The lowest BCUT2D eigenvalue weighted by Gasteiger charge is -2.18. The first kappa shape index (κ1) is 19.8. The van der Waals surface area contributed by atoms with Crippen molar-refractivity contribution in [1.29, 1.82) is 0 Å². The van der Waals surface area contributed by atoms with Gasteiger partial charge in [0.05, 0.1) is 16.0 Å². The van der Waals surface area contributed by atoms with Crippen LogP contribution in [0.15, 0.2) is 121 Å². The molecule has 0 aliphatic carbocycles. The summed E-state index contributed by atoms with van der Waals surface area (Å²) in [6.45, 7) is 0.157. The number of aromatic nitrogens is 1. The minimum Gasteiger partial charge on any atom is -0.301 e. The predicted octanol–water partition coefficient (Wildman–Crippen LogP) is 6.58. The Morgan fingerprint density at radius 1 is 0.559 bits per heavy atom. The summed E-state index contributed by atoms with van der Waals surface area (Å²) in [5.41, 5.74) is 6.57. The molecule has 0 unspecified atom stereocenters. The molecule has 0 atom stereocenters. The number of rotatable bonds is 4. The summed E-state index contributed by atoms with van der Waals surface area (Å²) in [7, 11) is 0. The maximum absolute atomic E-state index is 2.50. The molecule has 1 nitrogen and oxygen atoms in total. The quantitative estimate of drug-likeness (QED) is 0.257. The van der Waals surface area contributed by atoms with Gasteiger partial charge in [-0.25, -0.2) is 0 Å². The molecule has 0 bridgehead atoms. The normalized spacial score (nSPS) is 11.5. The molecule has 0 radical (unpaired) electrons. The Hall–Kier alpha value is -3.60. The van der Waals surface area contributed by atoms with Gasteiger partial charge in [0.25, 0.3) is 0 Å². The third-order valence-corrected chi connectivity index (χ3v) is 8.88. The maximum atomic E-state index is 2.50. The summed E-state index contributed by atoms with van der Waals surface area (Å²) in [5, 5.41) is 6.15. The van der Waals surface area contributed by atoms with Crippen molar-refractivity contribution < 1.29 is 0 Å². The second-order valence-corrected chi connectivity index (χ2v) is 10.5. The van der Waals surface area contributed by atoms with Crippen LogP contribution in [0.5, 0.6) is 0 Å².